The van der Waals surface area contributed by atoms with E-state index in [0.717, 1.165) is 11.6 Å². The zero-order valence-corrected chi connectivity index (χ0v) is 9.52. The number of aromatic nitrogens is 1. The predicted octanol–water partition coefficient (Wildman–Crippen LogP) is 1.41. The lowest BCUT2D eigenvalue weighted by atomic mass is 9.86. The molecule has 0 radical (unpaired) electrons. The summed E-state index contributed by atoms with van der Waals surface area (Å²) in [7, 11) is 0. The van der Waals surface area contributed by atoms with Gasteiger partial charge in [-0.2, -0.15) is 0 Å². The van der Waals surface area contributed by atoms with E-state index in [-0.39, 0.29) is 5.91 Å². The zero-order valence-electron chi connectivity index (χ0n) is 9.52. The summed E-state index contributed by atoms with van der Waals surface area (Å²) in [6, 6.07) is 1.78. The Hall–Kier alpha value is -2.17. The van der Waals surface area contributed by atoms with Crippen LogP contribution in [0.1, 0.15) is 25.0 Å². The summed E-state index contributed by atoms with van der Waals surface area (Å²) in [5, 5.41) is 11.2. The van der Waals surface area contributed by atoms with Crippen molar-refractivity contribution in [3.63, 3.8) is 0 Å². The van der Waals surface area contributed by atoms with Crippen LogP contribution in [0.3, 0.4) is 0 Å². The molecule has 2 heterocycles. The second kappa shape index (κ2) is 3.69. The third kappa shape index (κ3) is 1.91. The van der Waals surface area contributed by atoms with E-state index in [9.17, 15) is 9.59 Å². The number of carboxylic acids is 1. The largest absolute Gasteiger partial charge is 0.478 e. The molecule has 0 bridgehead atoms. The SMILES string of the molecule is CC1(C)C(=O)Nc2ncc(C=CC(=O)O)cc21. The van der Waals surface area contributed by atoms with Gasteiger partial charge in [0.1, 0.15) is 5.82 Å². The first-order chi connectivity index (χ1) is 7.91. The van der Waals surface area contributed by atoms with Crippen molar-refractivity contribution in [3.05, 3.63) is 29.5 Å². The van der Waals surface area contributed by atoms with Crippen molar-refractivity contribution >= 4 is 23.8 Å². The Balaban J connectivity index is 2.42. The number of carboxylic acid groups (broad SMARTS) is 1. The van der Waals surface area contributed by atoms with Crippen LogP contribution >= 0.6 is 0 Å². The van der Waals surface area contributed by atoms with Gasteiger partial charge in [-0.25, -0.2) is 9.78 Å². The topological polar surface area (TPSA) is 79.3 Å². The maximum absolute atomic E-state index is 11.7. The van der Waals surface area contributed by atoms with Crippen LogP contribution < -0.4 is 5.32 Å². The van der Waals surface area contributed by atoms with Gasteiger partial charge in [-0.3, -0.25) is 4.79 Å². The predicted molar refractivity (Wildman–Crippen MR) is 62.6 cm³/mol. The molecule has 0 aromatic carbocycles. The molecular formula is C12H12N2O3. The fourth-order valence-corrected chi connectivity index (χ4v) is 1.70. The number of carbonyl (C=O) groups excluding carboxylic acids is 1. The van der Waals surface area contributed by atoms with Crippen LogP contribution in [0.4, 0.5) is 5.82 Å². The van der Waals surface area contributed by atoms with Crippen LogP contribution in [-0.4, -0.2) is 22.0 Å². The van der Waals surface area contributed by atoms with Crippen molar-refractivity contribution in [1.82, 2.24) is 4.98 Å². The van der Waals surface area contributed by atoms with E-state index in [1.54, 1.807) is 19.9 Å². The average Bonchev–Trinajstić information content (AvgIpc) is 2.48. The summed E-state index contributed by atoms with van der Waals surface area (Å²) in [4.78, 5) is 26.2. The van der Waals surface area contributed by atoms with Crippen molar-refractivity contribution in [2.24, 2.45) is 0 Å². The fraction of sp³-hybridized carbons (Fsp3) is 0.250. The smallest absolute Gasteiger partial charge is 0.328 e. The number of nitrogens with zero attached hydrogens (tertiary/aromatic N) is 1. The van der Waals surface area contributed by atoms with E-state index < -0.39 is 11.4 Å². The summed E-state index contributed by atoms with van der Waals surface area (Å²) >= 11 is 0. The molecule has 0 atom stereocenters. The quantitative estimate of drug-likeness (QED) is 0.755. The standard InChI is InChI=1S/C12H12N2O3/c1-12(2)8-5-7(3-4-9(15)16)6-13-10(8)14-11(12)17/h3-6H,1-2H3,(H,15,16)(H,13,14,17). The molecule has 2 N–H and O–H groups in total. The Bertz CT molecular complexity index is 533. The molecule has 0 fully saturated rings. The maximum atomic E-state index is 11.7. The number of nitrogens with one attached hydrogen (secondary N) is 1. The van der Waals surface area contributed by atoms with Gasteiger partial charge in [-0.15, -0.1) is 0 Å². The third-order valence-corrected chi connectivity index (χ3v) is 2.80. The van der Waals surface area contributed by atoms with Gasteiger partial charge in [-0.1, -0.05) is 0 Å². The lowest BCUT2D eigenvalue weighted by molar-refractivity contribution is -0.131. The molecule has 88 valence electrons. The highest BCUT2D eigenvalue weighted by molar-refractivity contribution is 6.04. The highest BCUT2D eigenvalue weighted by atomic mass is 16.4. The van der Waals surface area contributed by atoms with Gasteiger partial charge in [0.25, 0.3) is 0 Å². The first-order valence-electron chi connectivity index (χ1n) is 5.14. The fourth-order valence-electron chi connectivity index (χ4n) is 1.70. The molecule has 0 saturated heterocycles. The van der Waals surface area contributed by atoms with Crippen molar-refractivity contribution in [3.8, 4) is 0 Å². The van der Waals surface area contributed by atoms with E-state index in [0.29, 0.717) is 11.4 Å². The molecule has 1 amide bonds. The number of anilines is 1. The Morgan fingerprint density at radius 1 is 1.53 bits per heavy atom. The molecule has 5 nitrogen and oxygen atoms in total. The summed E-state index contributed by atoms with van der Waals surface area (Å²) in [6.45, 7) is 3.61. The summed E-state index contributed by atoms with van der Waals surface area (Å²) in [6.07, 6.45) is 4.02. The Morgan fingerprint density at radius 3 is 2.88 bits per heavy atom. The van der Waals surface area contributed by atoms with Crippen LogP contribution in [0.2, 0.25) is 0 Å². The van der Waals surface area contributed by atoms with Gasteiger partial charge < -0.3 is 10.4 Å². The number of pyridine rings is 1. The highest BCUT2D eigenvalue weighted by Crippen LogP contribution is 2.36. The number of hydrogen-bond acceptors (Lipinski definition) is 3. The van der Waals surface area contributed by atoms with E-state index in [2.05, 4.69) is 10.3 Å². The lowest BCUT2D eigenvalue weighted by Gasteiger charge is -2.14. The second-order valence-corrected chi connectivity index (χ2v) is 4.42. The van der Waals surface area contributed by atoms with E-state index in [4.69, 9.17) is 5.11 Å². The summed E-state index contributed by atoms with van der Waals surface area (Å²) < 4.78 is 0. The molecule has 1 aromatic rings. The summed E-state index contributed by atoms with van der Waals surface area (Å²) in [5.41, 5.74) is 0.820. The van der Waals surface area contributed by atoms with Gasteiger partial charge in [0.2, 0.25) is 5.91 Å². The van der Waals surface area contributed by atoms with E-state index >= 15 is 0 Å². The molecule has 0 unspecified atom stereocenters. The second-order valence-electron chi connectivity index (χ2n) is 4.42. The molecule has 2 rings (SSSR count). The lowest BCUT2D eigenvalue weighted by Crippen LogP contribution is -2.26. The van der Waals surface area contributed by atoms with E-state index in [1.807, 2.05) is 0 Å². The van der Waals surface area contributed by atoms with Crippen LogP contribution in [0, 0.1) is 0 Å². The molecule has 1 aliphatic heterocycles. The number of aliphatic carboxylic acids is 1. The Morgan fingerprint density at radius 2 is 2.24 bits per heavy atom. The van der Waals surface area contributed by atoms with Gasteiger partial charge in [0, 0.05) is 17.8 Å². The Labute approximate surface area is 98.2 Å². The molecule has 0 spiro atoms. The summed E-state index contributed by atoms with van der Waals surface area (Å²) in [5.74, 6) is -0.564. The highest BCUT2D eigenvalue weighted by Gasteiger charge is 2.39. The van der Waals surface area contributed by atoms with Gasteiger partial charge in [-0.05, 0) is 31.6 Å². The molecule has 0 saturated carbocycles. The number of fused-ring (bicyclic) bond motifs is 1. The van der Waals surface area contributed by atoms with Crippen LogP contribution in [0.15, 0.2) is 18.3 Å². The van der Waals surface area contributed by atoms with Gasteiger partial charge >= 0.3 is 5.97 Å². The van der Waals surface area contributed by atoms with Crippen LogP contribution in [0.25, 0.3) is 6.08 Å². The molecule has 17 heavy (non-hydrogen) atoms. The molecule has 0 aliphatic carbocycles. The number of amides is 1. The molecule has 5 heteroatoms. The zero-order chi connectivity index (χ0) is 12.6. The number of carbonyl (C=O) groups is 2. The monoisotopic (exact) mass is 232 g/mol. The average molecular weight is 232 g/mol. The maximum Gasteiger partial charge on any atom is 0.328 e. The van der Waals surface area contributed by atoms with Crippen LogP contribution in [0.5, 0.6) is 0 Å². The Kier molecular flexibility index (Phi) is 2.46. The molecule has 1 aliphatic rings. The normalized spacial score (nSPS) is 16.9. The first kappa shape index (κ1) is 11.3. The van der Waals surface area contributed by atoms with Crippen molar-refractivity contribution in [2.75, 3.05) is 5.32 Å². The van der Waals surface area contributed by atoms with Crippen LogP contribution in [-0.2, 0) is 15.0 Å². The minimum absolute atomic E-state index is 0.0978. The van der Waals surface area contributed by atoms with Gasteiger partial charge in [0.05, 0.1) is 5.41 Å². The van der Waals surface area contributed by atoms with Gasteiger partial charge in [0.15, 0.2) is 0 Å². The number of hydrogen-bond donors (Lipinski definition) is 2. The third-order valence-electron chi connectivity index (χ3n) is 2.80. The van der Waals surface area contributed by atoms with Crippen molar-refractivity contribution in [2.45, 2.75) is 19.3 Å². The molecule has 1 aromatic heterocycles. The molecular weight excluding hydrogens is 220 g/mol. The number of rotatable bonds is 2. The minimum atomic E-state index is -1.01. The van der Waals surface area contributed by atoms with E-state index in [1.165, 1.54) is 12.3 Å². The first-order valence-corrected chi connectivity index (χ1v) is 5.14. The van der Waals surface area contributed by atoms with Crippen molar-refractivity contribution < 1.29 is 14.7 Å². The van der Waals surface area contributed by atoms with Crippen molar-refractivity contribution in [1.29, 1.82) is 0 Å². The minimum Gasteiger partial charge on any atom is -0.478 e.